The summed E-state index contributed by atoms with van der Waals surface area (Å²) in [6.45, 7) is 5.62. The Bertz CT molecular complexity index is 312. The van der Waals surface area contributed by atoms with Crippen LogP contribution >= 0.6 is 0 Å². The second-order valence-electron chi connectivity index (χ2n) is 4.59. The average Bonchev–Trinajstić information content (AvgIpc) is 2.10. The van der Waals surface area contributed by atoms with Crippen molar-refractivity contribution in [2.75, 3.05) is 0 Å². The molecular weight excluding hydrogens is 274 g/mol. The summed E-state index contributed by atoms with van der Waals surface area (Å²) in [5.41, 5.74) is 0. The zero-order valence-corrected chi connectivity index (χ0v) is 11.0. The van der Waals surface area contributed by atoms with E-state index in [1.165, 1.54) is 27.7 Å². The van der Waals surface area contributed by atoms with Crippen LogP contribution in [0.25, 0.3) is 0 Å². The van der Waals surface area contributed by atoms with Gasteiger partial charge in [0.1, 0.15) is 11.5 Å². The summed E-state index contributed by atoms with van der Waals surface area (Å²) in [4.78, 5) is 0. The second-order valence-corrected chi connectivity index (χ2v) is 4.59. The summed E-state index contributed by atoms with van der Waals surface area (Å²) < 4.78 is 78.4. The average molecular weight is 290 g/mol. The van der Waals surface area contributed by atoms with Crippen molar-refractivity contribution in [3.8, 4) is 0 Å². The molecule has 0 N–H and O–H groups in total. The monoisotopic (exact) mass is 290 g/mol. The molecule has 0 amide bonds. The number of hydrogen-bond donors (Lipinski definition) is 0. The van der Waals surface area contributed by atoms with Crippen LogP contribution in [0.5, 0.6) is 0 Å². The fourth-order valence-corrected chi connectivity index (χ4v) is 1.09. The minimum atomic E-state index is -4.64. The molecule has 0 aromatic carbocycles. The number of ether oxygens (including phenoxy) is 1. The van der Waals surface area contributed by atoms with Gasteiger partial charge in [-0.1, -0.05) is 27.7 Å². The molecule has 0 aliphatic rings. The minimum absolute atomic E-state index is 0.121. The van der Waals surface area contributed by atoms with Crippen LogP contribution in [0.15, 0.2) is 23.7 Å². The topological polar surface area (TPSA) is 9.23 Å². The van der Waals surface area contributed by atoms with Crippen LogP contribution in [0.2, 0.25) is 0 Å². The fourth-order valence-electron chi connectivity index (χ4n) is 1.09. The van der Waals surface area contributed by atoms with E-state index < -0.39 is 35.7 Å². The van der Waals surface area contributed by atoms with Gasteiger partial charge in [-0.05, 0) is 0 Å². The van der Waals surface area contributed by atoms with Crippen LogP contribution in [0.4, 0.5) is 26.3 Å². The maximum Gasteiger partial charge on any atom is 0.412 e. The highest BCUT2D eigenvalue weighted by Crippen LogP contribution is 2.29. The highest BCUT2D eigenvalue weighted by atomic mass is 19.4. The summed E-state index contributed by atoms with van der Waals surface area (Å²) >= 11 is 0. The van der Waals surface area contributed by atoms with Crippen molar-refractivity contribution in [1.29, 1.82) is 0 Å². The van der Waals surface area contributed by atoms with Gasteiger partial charge in [-0.25, -0.2) is 0 Å². The second kappa shape index (κ2) is 6.34. The van der Waals surface area contributed by atoms with Gasteiger partial charge in [0.2, 0.25) is 0 Å². The lowest BCUT2D eigenvalue weighted by molar-refractivity contribution is -0.0851. The molecule has 0 aromatic heterocycles. The van der Waals surface area contributed by atoms with E-state index in [0.717, 1.165) is 0 Å². The normalized spacial score (nSPS) is 15.4. The number of rotatable bonds is 4. The van der Waals surface area contributed by atoms with E-state index in [9.17, 15) is 26.3 Å². The number of alkyl halides is 6. The Morgan fingerprint density at radius 1 is 0.737 bits per heavy atom. The third kappa shape index (κ3) is 8.56. The van der Waals surface area contributed by atoms with Crippen LogP contribution < -0.4 is 0 Å². The van der Waals surface area contributed by atoms with Crippen LogP contribution in [-0.2, 0) is 4.74 Å². The van der Waals surface area contributed by atoms with Crippen LogP contribution in [-0.4, -0.2) is 12.4 Å². The van der Waals surface area contributed by atoms with Crippen molar-refractivity contribution in [3.05, 3.63) is 23.7 Å². The van der Waals surface area contributed by atoms with Crippen molar-refractivity contribution in [2.24, 2.45) is 11.8 Å². The van der Waals surface area contributed by atoms with E-state index in [1.54, 1.807) is 0 Å². The van der Waals surface area contributed by atoms with Gasteiger partial charge in [-0.2, -0.15) is 26.3 Å². The first-order valence-corrected chi connectivity index (χ1v) is 5.58. The van der Waals surface area contributed by atoms with Crippen molar-refractivity contribution in [3.63, 3.8) is 0 Å². The lowest BCUT2D eigenvalue weighted by Crippen LogP contribution is -2.13. The molecule has 0 fully saturated rings. The van der Waals surface area contributed by atoms with Gasteiger partial charge >= 0.3 is 12.4 Å². The Kier molecular flexibility index (Phi) is 5.96. The SMILES string of the molecule is CC(C)C(=CC(F)(F)F)OC(=CC(F)(F)F)C(C)C. The quantitative estimate of drug-likeness (QED) is 0.510. The first-order chi connectivity index (χ1) is 8.32. The summed E-state index contributed by atoms with van der Waals surface area (Å²) in [6, 6.07) is 0. The van der Waals surface area contributed by atoms with Gasteiger partial charge in [-0.15, -0.1) is 0 Å². The Balaban J connectivity index is 5.32. The smallest absolute Gasteiger partial charge is 0.412 e. The minimum Gasteiger partial charge on any atom is -0.466 e. The largest absolute Gasteiger partial charge is 0.466 e. The van der Waals surface area contributed by atoms with Gasteiger partial charge in [0.25, 0.3) is 0 Å². The maximum atomic E-state index is 12.3. The number of allylic oxidation sites excluding steroid dienone is 4. The molecule has 0 radical (unpaired) electrons. The molecule has 0 aliphatic heterocycles. The molecule has 7 heteroatoms. The Hall–Kier alpha value is -1.14. The molecule has 0 saturated heterocycles. The van der Waals surface area contributed by atoms with E-state index >= 15 is 0 Å². The molecule has 19 heavy (non-hydrogen) atoms. The molecule has 0 bridgehead atoms. The van der Waals surface area contributed by atoms with Gasteiger partial charge < -0.3 is 4.74 Å². The van der Waals surface area contributed by atoms with Gasteiger partial charge in [0, 0.05) is 11.8 Å². The first-order valence-electron chi connectivity index (χ1n) is 5.58. The van der Waals surface area contributed by atoms with E-state index in [0.29, 0.717) is 0 Å². The highest BCUT2D eigenvalue weighted by molar-refractivity contribution is 5.09. The molecule has 0 atom stereocenters. The van der Waals surface area contributed by atoms with Crippen LogP contribution in [0, 0.1) is 11.8 Å². The van der Waals surface area contributed by atoms with Crippen molar-refractivity contribution < 1.29 is 31.1 Å². The van der Waals surface area contributed by atoms with Crippen molar-refractivity contribution in [2.45, 2.75) is 40.0 Å². The van der Waals surface area contributed by atoms with Crippen LogP contribution in [0.3, 0.4) is 0 Å². The molecule has 0 heterocycles. The molecule has 0 aromatic rings. The van der Waals surface area contributed by atoms with Gasteiger partial charge in [-0.3, -0.25) is 0 Å². The molecule has 0 aliphatic carbocycles. The summed E-state index contributed by atoms with van der Waals surface area (Å²) in [7, 11) is 0. The van der Waals surface area contributed by atoms with Gasteiger partial charge in [0.15, 0.2) is 0 Å². The fraction of sp³-hybridized carbons (Fsp3) is 0.667. The molecule has 0 rings (SSSR count). The first kappa shape index (κ1) is 17.9. The van der Waals surface area contributed by atoms with E-state index in [2.05, 4.69) is 0 Å². The molecule has 0 saturated carbocycles. The maximum absolute atomic E-state index is 12.3. The highest BCUT2D eigenvalue weighted by Gasteiger charge is 2.30. The predicted molar refractivity (Wildman–Crippen MR) is 59.0 cm³/mol. The molecule has 1 nitrogen and oxygen atoms in total. The Labute approximate surface area is 107 Å². The molecule has 0 spiro atoms. The van der Waals surface area contributed by atoms with E-state index in [1.807, 2.05) is 0 Å². The van der Waals surface area contributed by atoms with Crippen molar-refractivity contribution in [1.82, 2.24) is 0 Å². The number of halogens is 6. The molecule has 0 unspecified atom stereocenters. The van der Waals surface area contributed by atoms with E-state index in [4.69, 9.17) is 4.74 Å². The lowest BCUT2D eigenvalue weighted by atomic mass is 10.1. The standard InChI is InChI=1S/C12H16F6O/c1-7(2)9(5-11(13,14)15)19-10(8(3)4)6-12(16,17)18/h5-8H,1-4H3. The molecular formula is C12H16F6O. The Morgan fingerprint density at radius 3 is 1.16 bits per heavy atom. The third-order valence-corrected chi connectivity index (χ3v) is 1.99. The summed E-state index contributed by atoms with van der Waals surface area (Å²) in [5.74, 6) is -2.46. The van der Waals surface area contributed by atoms with Crippen LogP contribution in [0.1, 0.15) is 27.7 Å². The predicted octanol–water partition coefficient (Wildman–Crippen LogP) is 5.21. The lowest BCUT2D eigenvalue weighted by Gasteiger charge is -2.19. The van der Waals surface area contributed by atoms with Crippen molar-refractivity contribution >= 4 is 0 Å². The zero-order valence-electron chi connectivity index (χ0n) is 11.0. The molecule has 112 valence electrons. The van der Waals surface area contributed by atoms with Gasteiger partial charge in [0.05, 0.1) is 12.2 Å². The zero-order chi connectivity index (χ0) is 15.4. The summed E-state index contributed by atoms with van der Waals surface area (Å²) in [5, 5.41) is 0. The third-order valence-electron chi connectivity index (χ3n) is 1.99. The number of hydrogen-bond acceptors (Lipinski definition) is 1. The van der Waals surface area contributed by atoms with E-state index in [-0.39, 0.29) is 12.2 Å². The summed E-state index contributed by atoms with van der Waals surface area (Å²) in [6.07, 6.45) is -9.52. The Morgan fingerprint density at radius 2 is 1.00 bits per heavy atom.